The number of halogens is 2. The normalized spacial score (nSPS) is 11.6. The van der Waals surface area contributed by atoms with Gasteiger partial charge in [0, 0.05) is 46.1 Å². The number of alkyl halides is 2. The Morgan fingerprint density at radius 1 is 0.370 bits per heavy atom. The second-order valence-corrected chi connectivity index (χ2v) is 13.2. The lowest BCUT2D eigenvalue weighted by atomic mass is 9.87. The van der Waals surface area contributed by atoms with E-state index in [1.54, 1.807) is 0 Å². The number of nitrogens with zero attached hydrogens (tertiary/aromatic N) is 2. The van der Waals surface area contributed by atoms with Crippen LogP contribution in [-0.2, 0) is 23.7 Å². The molecule has 8 aromatic rings. The summed E-state index contributed by atoms with van der Waals surface area (Å²) in [5, 5.41) is 9.62. The topological polar surface area (TPSA) is 7.76 Å². The predicted octanol–water partition coefficient (Wildman–Crippen LogP) is 10.4. The minimum atomic E-state index is 0.855. The van der Waals surface area contributed by atoms with Crippen LogP contribution in [0.2, 0.25) is 0 Å². The van der Waals surface area contributed by atoms with E-state index in [1.165, 1.54) is 76.8 Å². The van der Waals surface area contributed by atoms with Crippen molar-refractivity contribution in [3.63, 3.8) is 0 Å². The molecule has 2 aromatic heterocycles. The third-order valence-corrected chi connectivity index (χ3v) is 10.4. The Labute approximate surface area is 286 Å². The Morgan fingerprint density at radius 2 is 0.717 bits per heavy atom. The van der Waals surface area contributed by atoms with Gasteiger partial charge in [0.15, 0.2) is 37.9 Å². The monoisotopic (exact) mass is 722 g/mol. The van der Waals surface area contributed by atoms with Gasteiger partial charge in [-0.15, -0.1) is 0 Å². The molecule has 0 aliphatic rings. The Bertz CT molecular complexity index is 2120. The predicted molar refractivity (Wildman–Crippen MR) is 198 cm³/mol. The zero-order valence-corrected chi connectivity index (χ0v) is 28.5. The van der Waals surface area contributed by atoms with Crippen LogP contribution in [0.3, 0.4) is 0 Å². The van der Waals surface area contributed by atoms with Gasteiger partial charge in [0.05, 0.1) is 0 Å². The summed E-state index contributed by atoms with van der Waals surface area (Å²) in [5.74, 6) is 0. The molecular weight excluding hydrogens is 692 g/mol. The molecule has 0 aliphatic carbocycles. The molecule has 0 radical (unpaired) electrons. The van der Waals surface area contributed by atoms with E-state index in [9.17, 15) is 0 Å². The minimum Gasteiger partial charge on any atom is -0.201 e. The molecular formula is C42H32Br2N2+2. The van der Waals surface area contributed by atoms with E-state index < -0.39 is 0 Å². The number of hydrogen-bond acceptors (Lipinski definition) is 0. The van der Waals surface area contributed by atoms with Crippen molar-refractivity contribution in [3.8, 4) is 22.3 Å². The first-order valence-corrected chi connectivity index (χ1v) is 17.9. The molecule has 0 spiro atoms. The van der Waals surface area contributed by atoms with Gasteiger partial charge in [0.25, 0.3) is 0 Å². The summed E-state index contributed by atoms with van der Waals surface area (Å²) in [5.41, 5.74) is 10.2. The second-order valence-electron chi connectivity index (χ2n) is 12.1. The molecule has 0 saturated heterocycles. The van der Waals surface area contributed by atoms with Gasteiger partial charge in [-0.05, 0) is 65.7 Å². The molecule has 0 atom stereocenters. The van der Waals surface area contributed by atoms with E-state index in [-0.39, 0.29) is 0 Å². The van der Waals surface area contributed by atoms with Crippen molar-refractivity contribution >= 4 is 64.2 Å². The van der Waals surface area contributed by atoms with Crippen molar-refractivity contribution in [2.45, 2.75) is 23.7 Å². The fourth-order valence-corrected chi connectivity index (χ4v) is 7.43. The standard InChI is InChI=1S/C42H32Br2N2/c43-25-29-1-5-31(6-2-29)27-45-21-17-33(18-22-45)37-13-9-35-12-16-40-38(14-10-36-11-15-39(37)41(35)42(36)40)34-19-23-46(24-20-34)28-32-7-3-30(26-44)4-8-32/h1-24H,25-28H2/q+2. The molecule has 4 heteroatoms. The quantitative estimate of drug-likeness (QED) is 0.0838. The smallest absolute Gasteiger partial charge is 0.173 e. The first-order valence-electron chi connectivity index (χ1n) is 15.6. The van der Waals surface area contributed by atoms with E-state index in [0.717, 1.165) is 23.7 Å². The summed E-state index contributed by atoms with van der Waals surface area (Å²) in [7, 11) is 0. The van der Waals surface area contributed by atoms with Gasteiger partial charge in [-0.3, -0.25) is 0 Å². The Morgan fingerprint density at radius 3 is 1.09 bits per heavy atom. The summed E-state index contributed by atoms with van der Waals surface area (Å²) >= 11 is 7.08. The number of benzene rings is 6. The van der Waals surface area contributed by atoms with Gasteiger partial charge < -0.3 is 0 Å². The van der Waals surface area contributed by atoms with E-state index in [2.05, 4.69) is 187 Å². The molecule has 222 valence electrons. The molecule has 0 amide bonds. The number of pyridine rings is 2. The van der Waals surface area contributed by atoms with Crippen LogP contribution in [0.15, 0.2) is 146 Å². The molecule has 0 aliphatic heterocycles. The Hall–Kier alpha value is -4.38. The number of rotatable bonds is 8. The molecule has 0 saturated carbocycles. The van der Waals surface area contributed by atoms with Crippen molar-refractivity contribution in [2.75, 3.05) is 0 Å². The molecule has 2 heterocycles. The Balaban J connectivity index is 1.13. The lowest BCUT2D eigenvalue weighted by Gasteiger charge is -2.16. The van der Waals surface area contributed by atoms with Crippen LogP contribution in [0.5, 0.6) is 0 Å². The van der Waals surface area contributed by atoms with Gasteiger partial charge >= 0.3 is 0 Å². The number of hydrogen-bond donors (Lipinski definition) is 0. The average Bonchev–Trinajstić information content (AvgIpc) is 3.12. The van der Waals surface area contributed by atoms with Crippen LogP contribution >= 0.6 is 31.9 Å². The van der Waals surface area contributed by atoms with Gasteiger partial charge in [-0.1, -0.05) is 129 Å². The molecule has 8 rings (SSSR count). The fourth-order valence-electron chi connectivity index (χ4n) is 6.68. The zero-order chi connectivity index (χ0) is 31.0. The summed E-state index contributed by atoms with van der Waals surface area (Å²) in [6.07, 6.45) is 8.79. The van der Waals surface area contributed by atoms with Gasteiger partial charge in [-0.2, -0.15) is 0 Å². The first-order chi connectivity index (χ1) is 22.7. The lowest BCUT2D eigenvalue weighted by Crippen LogP contribution is -2.33. The first kappa shape index (κ1) is 29.1. The summed E-state index contributed by atoms with van der Waals surface area (Å²) in [6.45, 7) is 1.71. The molecule has 0 N–H and O–H groups in total. The highest BCUT2D eigenvalue weighted by Gasteiger charge is 2.16. The van der Waals surface area contributed by atoms with E-state index >= 15 is 0 Å². The van der Waals surface area contributed by atoms with E-state index in [4.69, 9.17) is 0 Å². The summed E-state index contributed by atoms with van der Waals surface area (Å²) in [6, 6.07) is 44.9. The van der Waals surface area contributed by atoms with Gasteiger partial charge in [0.2, 0.25) is 0 Å². The van der Waals surface area contributed by atoms with Crippen LogP contribution in [0.25, 0.3) is 54.6 Å². The van der Waals surface area contributed by atoms with Crippen LogP contribution in [0.1, 0.15) is 22.3 Å². The minimum absolute atomic E-state index is 0.855. The largest absolute Gasteiger partial charge is 0.201 e. The third-order valence-electron chi connectivity index (χ3n) is 9.15. The number of aromatic nitrogens is 2. The van der Waals surface area contributed by atoms with Crippen molar-refractivity contribution in [1.82, 2.24) is 0 Å². The third kappa shape index (κ3) is 5.50. The maximum absolute atomic E-state index is 3.54. The molecule has 6 aromatic carbocycles. The summed E-state index contributed by atoms with van der Waals surface area (Å²) < 4.78 is 4.50. The van der Waals surface area contributed by atoms with Crippen molar-refractivity contribution in [3.05, 3.63) is 168 Å². The maximum atomic E-state index is 3.54. The maximum Gasteiger partial charge on any atom is 0.173 e. The SMILES string of the molecule is BrCc1ccc(C[n+]2ccc(-c3ccc4ccc5c(-c6cc[n+](Cc7ccc(CBr)cc7)cc6)ccc6ccc3c4c65)cc2)cc1. The molecule has 46 heavy (non-hydrogen) atoms. The van der Waals surface area contributed by atoms with E-state index in [1.807, 2.05) is 0 Å². The highest BCUT2D eigenvalue weighted by atomic mass is 79.9. The average molecular weight is 725 g/mol. The van der Waals surface area contributed by atoms with Crippen molar-refractivity contribution in [2.24, 2.45) is 0 Å². The molecule has 0 fully saturated rings. The Kier molecular flexibility index (Phi) is 7.85. The highest BCUT2D eigenvalue weighted by molar-refractivity contribution is 9.08. The van der Waals surface area contributed by atoms with Gasteiger partial charge in [-0.25, -0.2) is 9.13 Å². The second kappa shape index (κ2) is 12.4. The lowest BCUT2D eigenvalue weighted by molar-refractivity contribution is -0.688. The summed E-state index contributed by atoms with van der Waals surface area (Å²) in [4.78, 5) is 0. The van der Waals surface area contributed by atoms with E-state index in [0.29, 0.717) is 0 Å². The van der Waals surface area contributed by atoms with Crippen LogP contribution in [0.4, 0.5) is 0 Å². The molecule has 0 bridgehead atoms. The van der Waals surface area contributed by atoms with Crippen LogP contribution in [0, 0.1) is 0 Å². The van der Waals surface area contributed by atoms with Crippen molar-refractivity contribution in [1.29, 1.82) is 0 Å². The van der Waals surface area contributed by atoms with Crippen LogP contribution < -0.4 is 9.13 Å². The van der Waals surface area contributed by atoms with Crippen molar-refractivity contribution < 1.29 is 9.13 Å². The molecule has 2 nitrogen and oxygen atoms in total. The fraction of sp³-hybridized carbons (Fsp3) is 0.0952. The zero-order valence-electron chi connectivity index (χ0n) is 25.3. The molecule has 0 unspecified atom stereocenters. The highest BCUT2D eigenvalue weighted by Crippen LogP contribution is 2.42. The van der Waals surface area contributed by atoms with Gasteiger partial charge in [0.1, 0.15) is 0 Å². The van der Waals surface area contributed by atoms with Crippen LogP contribution in [-0.4, -0.2) is 0 Å².